The fourth-order valence-corrected chi connectivity index (χ4v) is 3.50. The predicted octanol–water partition coefficient (Wildman–Crippen LogP) is 3.71. The molecule has 3 heteroatoms. The minimum atomic E-state index is -0.359. The van der Waals surface area contributed by atoms with Crippen molar-refractivity contribution in [2.45, 2.75) is 37.4 Å². The van der Waals surface area contributed by atoms with Gasteiger partial charge in [-0.15, -0.1) is 0 Å². The van der Waals surface area contributed by atoms with Crippen molar-refractivity contribution in [3.63, 3.8) is 0 Å². The van der Waals surface area contributed by atoms with Crippen molar-refractivity contribution in [1.82, 2.24) is 0 Å². The van der Waals surface area contributed by atoms with Crippen LogP contribution < -0.4 is 0 Å². The lowest BCUT2D eigenvalue weighted by Gasteiger charge is -2.14. The summed E-state index contributed by atoms with van der Waals surface area (Å²) in [6.45, 7) is 4.17. The van der Waals surface area contributed by atoms with E-state index in [0.29, 0.717) is 5.25 Å². The zero-order valence-corrected chi connectivity index (χ0v) is 10.5. The van der Waals surface area contributed by atoms with E-state index in [1.165, 1.54) is 0 Å². The molecule has 0 saturated heterocycles. The zero-order valence-electron chi connectivity index (χ0n) is 8.96. The molecule has 0 amide bonds. The number of halogens is 1. The molecule has 1 heterocycles. The maximum Gasteiger partial charge on any atom is 0.0804 e. The van der Waals surface area contributed by atoms with E-state index in [4.69, 9.17) is 11.6 Å². The lowest BCUT2D eigenvalue weighted by atomic mass is 9.98. The van der Waals surface area contributed by atoms with Gasteiger partial charge in [-0.05, 0) is 36.1 Å². The first-order valence-corrected chi connectivity index (χ1v) is 6.59. The van der Waals surface area contributed by atoms with E-state index in [0.717, 1.165) is 33.9 Å². The van der Waals surface area contributed by atoms with Crippen molar-refractivity contribution < 1.29 is 5.11 Å². The summed E-state index contributed by atoms with van der Waals surface area (Å²) in [6, 6.07) is 4.04. The maximum absolute atomic E-state index is 10.1. The summed E-state index contributed by atoms with van der Waals surface area (Å²) in [7, 11) is 0. The number of rotatable bonds is 0. The fraction of sp³-hybridized carbons (Fsp3) is 0.500. The molecule has 2 rings (SSSR count). The molecule has 0 radical (unpaired) electrons. The number of aliphatic hydroxyl groups is 1. The molecule has 1 aromatic carbocycles. The Kier molecular flexibility index (Phi) is 3.29. The highest BCUT2D eigenvalue weighted by Gasteiger charge is 2.22. The largest absolute Gasteiger partial charge is 0.388 e. The first-order valence-electron chi connectivity index (χ1n) is 5.16. The molecule has 0 aromatic heterocycles. The molecule has 15 heavy (non-hydrogen) atoms. The van der Waals surface area contributed by atoms with Crippen LogP contribution in [0.4, 0.5) is 0 Å². The predicted molar refractivity (Wildman–Crippen MR) is 66.5 cm³/mol. The smallest absolute Gasteiger partial charge is 0.0804 e. The summed E-state index contributed by atoms with van der Waals surface area (Å²) in [5.74, 6) is 0.909. The van der Waals surface area contributed by atoms with E-state index in [-0.39, 0.29) is 6.10 Å². The van der Waals surface area contributed by atoms with Crippen molar-refractivity contribution in [2.75, 3.05) is 0 Å². The molecule has 82 valence electrons. The molecule has 0 saturated carbocycles. The van der Waals surface area contributed by atoms with Gasteiger partial charge < -0.3 is 5.11 Å². The van der Waals surface area contributed by atoms with E-state index in [1.54, 1.807) is 0 Å². The first kappa shape index (κ1) is 11.3. The Morgan fingerprint density at radius 2 is 2.20 bits per heavy atom. The SMILES string of the molecule is Cc1cc(Cl)c2c(c1)[C@H](O)CC(C)SC2. The van der Waals surface area contributed by atoms with Gasteiger partial charge in [0.1, 0.15) is 0 Å². The van der Waals surface area contributed by atoms with Crippen molar-refractivity contribution in [3.8, 4) is 0 Å². The van der Waals surface area contributed by atoms with Crippen LogP contribution in [0.1, 0.15) is 36.1 Å². The molecule has 0 spiro atoms. The van der Waals surface area contributed by atoms with Crippen LogP contribution >= 0.6 is 23.4 Å². The van der Waals surface area contributed by atoms with Crippen LogP contribution in [0, 0.1) is 6.92 Å². The van der Waals surface area contributed by atoms with Gasteiger partial charge in [0.25, 0.3) is 0 Å². The van der Waals surface area contributed by atoms with Crippen LogP contribution in [0.5, 0.6) is 0 Å². The van der Waals surface area contributed by atoms with Gasteiger partial charge >= 0.3 is 0 Å². The van der Waals surface area contributed by atoms with E-state index in [1.807, 2.05) is 24.8 Å². The number of benzene rings is 1. The van der Waals surface area contributed by atoms with Gasteiger partial charge in [0.15, 0.2) is 0 Å². The summed E-state index contributed by atoms with van der Waals surface area (Å²) in [5.41, 5.74) is 3.26. The average Bonchev–Trinajstić information content (AvgIpc) is 2.27. The fourth-order valence-electron chi connectivity index (χ4n) is 1.98. The molecule has 0 aliphatic carbocycles. The first-order chi connectivity index (χ1) is 7.08. The van der Waals surface area contributed by atoms with Gasteiger partial charge in [0.2, 0.25) is 0 Å². The van der Waals surface area contributed by atoms with Crippen LogP contribution in [0.25, 0.3) is 0 Å². The Balaban J connectivity index is 2.48. The molecule has 1 N–H and O–H groups in total. The number of hydrogen-bond donors (Lipinski definition) is 1. The summed E-state index contributed by atoms with van der Waals surface area (Å²) in [5, 5.41) is 11.4. The van der Waals surface area contributed by atoms with Crippen LogP contribution in [-0.4, -0.2) is 10.4 Å². The van der Waals surface area contributed by atoms with Gasteiger partial charge in [-0.3, -0.25) is 0 Å². The number of aliphatic hydroxyl groups excluding tert-OH is 1. The van der Waals surface area contributed by atoms with E-state index in [2.05, 4.69) is 13.0 Å². The van der Waals surface area contributed by atoms with Gasteiger partial charge in [0, 0.05) is 16.0 Å². The van der Waals surface area contributed by atoms with Gasteiger partial charge in [0.05, 0.1) is 6.10 Å². The quantitative estimate of drug-likeness (QED) is 0.749. The molecule has 1 unspecified atom stereocenters. The van der Waals surface area contributed by atoms with E-state index < -0.39 is 0 Å². The second-order valence-electron chi connectivity index (χ2n) is 4.19. The molecular weight excluding hydrogens is 228 g/mol. The summed E-state index contributed by atoms with van der Waals surface area (Å²) in [4.78, 5) is 0. The Morgan fingerprint density at radius 1 is 1.47 bits per heavy atom. The second-order valence-corrected chi connectivity index (χ2v) is 6.02. The van der Waals surface area contributed by atoms with Gasteiger partial charge in [-0.2, -0.15) is 11.8 Å². The van der Waals surface area contributed by atoms with Crippen molar-refractivity contribution in [2.24, 2.45) is 0 Å². The molecule has 1 aliphatic rings. The molecule has 0 bridgehead atoms. The Morgan fingerprint density at radius 3 is 2.93 bits per heavy atom. The normalized spacial score (nSPS) is 25.9. The second kappa shape index (κ2) is 4.36. The standard InChI is InChI=1S/C12H15ClOS/c1-7-3-9-10(11(13)4-7)6-15-8(2)5-12(9)14/h3-4,8,12,14H,5-6H2,1-2H3/t8?,12-/m1/s1. The molecule has 1 nitrogen and oxygen atoms in total. The summed E-state index contributed by atoms with van der Waals surface area (Å²) >= 11 is 8.07. The molecule has 0 fully saturated rings. The minimum Gasteiger partial charge on any atom is -0.388 e. The van der Waals surface area contributed by atoms with E-state index in [9.17, 15) is 5.11 Å². The third kappa shape index (κ3) is 2.32. The number of fused-ring (bicyclic) bond motifs is 1. The van der Waals surface area contributed by atoms with Crippen molar-refractivity contribution in [1.29, 1.82) is 0 Å². The number of hydrogen-bond acceptors (Lipinski definition) is 2. The lowest BCUT2D eigenvalue weighted by molar-refractivity contribution is 0.168. The Labute approximate surface area is 99.8 Å². The molecule has 1 aromatic rings. The highest BCUT2D eigenvalue weighted by Crippen LogP contribution is 2.38. The molecule has 1 aliphatic heterocycles. The molecule has 2 atom stereocenters. The van der Waals surface area contributed by atoms with Crippen molar-refractivity contribution in [3.05, 3.63) is 33.8 Å². The van der Waals surface area contributed by atoms with Gasteiger partial charge in [-0.1, -0.05) is 24.6 Å². The highest BCUT2D eigenvalue weighted by molar-refractivity contribution is 7.99. The van der Waals surface area contributed by atoms with Crippen LogP contribution in [-0.2, 0) is 5.75 Å². The maximum atomic E-state index is 10.1. The van der Waals surface area contributed by atoms with Gasteiger partial charge in [-0.25, -0.2) is 0 Å². The average molecular weight is 243 g/mol. The Hall–Kier alpha value is -0.180. The zero-order chi connectivity index (χ0) is 11.0. The lowest BCUT2D eigenvalue weighted by Crippen LogP contribution is -2.04. The number of aryl methyl sites for hydroxylation is 1. The minimum absolute atomic E-state index is 0.359. The summed E-state index contributed by atoms with van der Waals surface area (Å²) < 4.78 is 0. The van der Waals surface area contributed by atoms with Crippen LogP contribution in [0.2, 0.25) is 5.02 Å². The summed E-state index contributed by atoms with van der Waals surface area (Å²) in [6.07, 6.45) is 0.458. The van der Waals surface area contributed by atoms with Crippen molar-refractivity contribution >= 4 is 23.4 Å². The topological polar surface area (TPSA) is 20.2 Å². The monoisotopic (exact) mass is 242 g/mol. The number of thioether (sulfide) groups is 1. The molecular formula is C12H15ClOS. The Bertz CT molecular complexity index is 378. The highest BCUT2D eigenvalue weighted by atomic mass is 35.5. The van der Waals surface area contributed by atoms with E-state index >= 15 is 0 Å². The van der Waals surface area contributed by atoms with Crippen LogP contribution in [0.15, 0.2) is 12.1 Å². The third-order valence-electron chi connectivity index (χ3n) is 2.80. The van der Waals surface area contributed by atoms with Crippen LogP contribution in [0.3, 0.4) is 0 Å². The third-order valence-corrected chi connectivity index (χ3v) is 4.35.